The van der Waals surface area contributed by atoms with Crippen molar-refractivity contribution in [3.63, 3.8) is 0 Å². The van der Waals surface area contributed by atoms with Crippen molar-refractivity contribution in [3.8, 4) is 0 Å². The Morgan fingerprint density at radius 2 is 1.97 bits per heavy atom. The van der Waals surface area contributed by atoms with Gasteiger partial charge >= 0.3 is 0 Å². The Kier molecular flexibility index (Phi) is 9.26. The number of rotatable bonds is 9. The van der Waals surface area contributed by atoms with Crippen LogP contribution in [0.2, 0.25) is 0 Å². The third-order valence-electron chi connectivity index (χ3n) is 4.52. The van der Waals surface area contributed by atoms with Crippen molar-refractivity contribution in [2.45, 2.75) is 46.9 Å². The monoisotopic (exact) mass is 431 g/mol. The Hall–Kier alpha value is -2.45. The van der Waals surface area contributed by atoms with Crippen LogP contribution in [0.1, 0.15) is 50.1 Å². The van der Waals surface area contributed by atoms with Crippen molar-refractivity contribution < 1.29 is 9.53 Å². The molecule has 1 unspecified atom stereocenters. The van der Waals surface area contributed by atoms with Crippen molar-refractivity contribution in [3.05, 3.63) is 45.9 Å². The fraction of sp³-hybridized carbons (Fsp3) is 0.500. The molecular weight excluding hydrogens is 398 g/mol. The number of anilines is 1. The van der Waals surface area contributed by atoms with Gasteiger partial charge in [-0.25, -0.2) is 9.98 Å². The number of benzene rings is 1. The van der Waals surface area contributed by atoms with Crippen LogP contribution in [-0.4, -0.2) is 42.5 Å². The van der Waals surface area contributed by atoms with Crippen LogP contribution in [0.4, 0.5) is 5.69 Å². The number of hydrogen-bond donors (Lipinski definition) is 2. The second kappa shape index (κ2) is 11.7. The van der Waals surface area contributed by atoms with Gasteiger partial charge in [-0.1, -0.05) is 26.0 Å². The number of methoxy groups -OCH3 is 1. The minimum absolute atomic E-state index is 0.00394. The molecule has 164 valence electrons. The number of nitrogens with one attached hydrogen (secondary N) is 2. The quantitative estimate of drug-likeness (QED) is 0.463. The van der Waals surface area contributed by atoms with Crippen LogP contribution in [0, 0.1) is 5.92 Å². The largest absolute Gasteiger partial charge is 0.375 e. The van der Waals surface area contributed by atoms with Gasteiger partial charge in [0.25, 0.3) is 0 Å². The van der Waals surface area contributed by atoms with E-state index in [4.69, 9.17) is 9.73 Å². The molecule has 1 atom stereocenters. The number of aromatic nitrogens is 1. The van der Waals surface area contributed by atoms with Crippen molar-refractivity contribution in [2.24, 2.45) is 10.9 Å². The van der Waals surface area contributed by atoms with Gasteiger partial charge in [-0.3, -0.25) is 4.79 Å². The Bertz CT molecular complexity index is 832. The summed E-state index contributed by atoms with van der Waals surface area (Å²) in [5, 5.41) is 9.28. The van der Waals surface area contributed by atoms with Crippen molar-refractivity contribution >= 4 is 28.9 Å². The summed E-state index contributed by atoms with van der Waals surface area (Å²) in [7, 11) is 3.70. The standard InChI is InChI=1S/C22H33N5O2S/c1-7-23-22(27(5)13-19-14-30-21(26-19)16(4)29-6)24-12-17-8-10-18(11-9-17)25-20(28)15(2)3/h8-11,14-16H,7,12-13H2,1-6H3,(H,23,24)(H,25,28). The SMILES string of the molecule is CCNC(=NCc1ccc(NC(=O)C(C)C)cc1)N(C)Cc1csc(C(C)OC)n1. The van der Waals surface area contributed by atoms with Crippen LogP contribution >= 0.6 is 11.3 Å². The molecule has 1 amide bonds. The number of aliphatic imine (C=N–C) groups is 1. The van der Waals surface area contributed by atoms with Gasteiger partial charge in [0.2, 0.25) is 5.91 Å². The number of carbonyl (C=O) groups is 1. The Labute approximate surface area is 183 Å². The zero-order valence-corrected chi connectivity index (χ0v) is 19.5. The summed E-state index contributed by atoms with van der Waals surface area (Å²) in [6.07, 6.45) is 0.00394. The molecule has 0 saturated heterocycles. The van der Waals surface area contributed by atoms with Gasteiger partial charge in [0.05, 0.1) is 18.8 Å². The average molecular weight is 432 g/mol. The number of amides is 1. The van der Waals surface area contributed by atoms with E-state index in [0.29, 0.717) is 13.1 Å². The van der Waals surface area contributed by atoms with Gasteiger partial charge in [0.1, 0.15) is 11.1 Å². The highest BCUT2D eigenvalue weighted by Gasteiger charge is 2.13. The highest BCUT2D eigenvalue weighted by atomic mass is 32.1. The fourth-order valence-electron chi connectivity index (χ4n) is 2.62. The minimum atomic E-state index is -0.0426. The molecule has 0 bridgehead atoms. The highest BCUT2D eigenvalue weighted by molar-refractivity contribution is 7.09. The molecule has 1 aromatic heterocycles. The maximum absolute atomic E-state index is 11.8. The first kappa shape index (κ1) is 23.8. The van der Waals surface area contributed by atoms with Crippen LogP contribution in [-0.2, 0) is 22.6 Å². The molecule has 30 heavy (non-hydrogen) atoms. The van der Waals surface area contributed by atoms with Gasteiger partial charge in [0.15, 0.2) is 5.96 Å². The van der Waals surface area contributed by atoms with Crippen LogP contribution in [0.25, 0.3) is 0 Å². The van der Waals surface area contributed by atoms with Crippen molar-refractivity contribution in [1.82, 2.24) is 15.2 Å². The Balaban J connectivity index is 2.00. The first-order valence-corrected chi connectivity index (χ1v) is 11.1. The summed E-state index contributed by atoms with van der Waals surface area (Å²) < 4.78 is 5.34. The van der Waals surface area contributed by atoms with Gasteiger partial charge in [-0.05, 0) is 31.5 Å². The van der Waals surface area contributed by atoms with E-state index in [2.05, 4.69) is 32.8 Å². The number of ether oxygens (including phenoxy) is 1. The summed E-state index contributed by atoms with van der Waals surface area (Å²) in [5.41, 5.74) is 2.87. The van der Waals surface area contributed by atoms with E-state index in [1.807, 2.05) is 52.1 Å². The van der Waals surface area contributed by atoms with E-state index in [-0.39, 0.29) is 17.9 Å². The predicted octanol–water partition coefficient (Wildman–Crippen LogP) is 4.04. The van der Waals surface area contributed by atoms with Gasteiger partial charge in [-0.2, -0.15) is 0 Å². The summed E-state index contributed by atoms with van der Waals surface area (Å²) >= 11 is 1.61. The molecule has 8 heteroatoms. The number of guanidine groups is 1. The normalized spacial score (nSPS) is 12.7. The van der Waals surface area contributed by atoms with E-state index in [1.54, 1.807) is 18.4 Å². The lowest BCUT2D eigenvalue weighted by Crippen LogP contribution is -2.38. The molecule has 0 aliphatic rings. The van der Waals surface area contributed by atoms with E-state index in [0.717, 1.165) is 34.5 Å². The topological polar surface area (TPSA) is 78.9 Å². The van der Waals surface area contributed by atoms with E-state index >= 15 is 0 Å². The molecule has 7 nitrogen and oxygen atoms in total. The Morgan fingerprint density at radius 1 is 1.27 bits per heavy atom. The van der Waals surface area contributed by atoms with Gasteiger partial charge in [0, 0.05) is 37.7 Å². The predicted molar refractivity (Wildman–Crippen MR) is 124 cm³/mol. The molecule has 0 saturated carbocycles. The first-order chi connectivity index (χ1) is 14.3. The van der Waals surface area contributed by atoms with Crippen LogP contribution in [0.5, 0.6) is 0 Å². The summed E-state index contributed by atoms with van der Waals surface area (Å²) in [5.74, 6) is 0.796. The number of thiazole rings is 1. The zero-order chi connectivity index (χ0) is 22.1. The number of carbonyl (C=O) groups excluding carboxylic acids is 1. The molecule has 0 fully saturated rings. The lowest BCUT2D eigenvalue weighted by molar-refractivity contribution is -0.118. The van der Waals surface area contributed by atoms with Crippen LogP contribution in [0.15, 0.2) is 34.6 Å². The second-order valence-electron chi connectivity index (χ2n) is 7.42. The fourth-order valence-corrected chi connectivity index (χ4v) is 3.46. The van der Waals surface area contributed by atoms with E-state index in [1.165, 1.54) is 0 Å². The lowest BCUT2D eigenvalue weighted by Gasteiger charge is -2.21. The molecule has 0 radical (unpaired) electrons. The molecule has 1 heterocycles. The highest BCUT2D eigenvalue weighted by Crippen LogP contribution is 2.21. The molecule has 0 aliphatic carbocycles. The second-order valence-corrected chi connectivity index (χ2v) is 8.31. The molecule has 2 aromatic rings. The third kappa shape index (κ3) is 7.11. The third-order valence-corrected chi connectivity index (χ3v) is 5.58. The number of nitrogens with zero attached hydrogens (tertiary/aromatic N) is 3. The van der Waals surface area contributed by atoms with E-state index in [9.17, 15) is 4.79 Å². The van der Waals surface area contributed by atoms with Crippen LogP contribution < -0.4 is 10.6 Å². The first-order valence-electron chi connectivity index (χ1n) is 10.2. The van der Waals surface area contributed by atoms with Crippen LogP contribution in [0.3, 0.4) is 0 Å². The van der Waals surface area contributed by atoms with Crippen molar-refractivity contribution in [1.29, 1.82) is 0 Å². The molecule has 1 aromatic carbocycles. The maximum Gasteiger partial charge on any atom is 0.226 e. The Morgan fingerprint density at radius 3 is 2.57 bits per heavy atom. The molecule has 0 aliphatic heterocycles. The minimum Gasteiger partial charge on any atom is -0.375 e. The summed E-state index contributed by atoms with van der Waals surface area (Å²) in [6.45, 7) is 9.80. The number of hydrogen-bond acceptors (Lipinski definition) is 5. The zero-order valence-electron chi connectivity index (χ0n) is 18.7. The molecule has 0 spiro atoms. The van der Waals surface area contributed by atoms with Gasteiger partial charge < -0.3 is 20.3 Å². The summed E-state index contributed by atoms with van der Waals surface area (Å²) in [6, 6.07) is 7.80. The smallest absolute Gasteiger partial charge is 0.226 e. The van der Waals surface area contributed by atoms with Gasteiger partial charge in [-0.15, -0.1) is 11.3 Å². The summed E-state index contributed by atoms with van der Waals surface area (Å²) in [4.78, 5) is 23.3. The van der Waals surface area contributed by atoms with Crippen molar-refractivity contribution in [2.75, 3.05) is 26.0 Å². The maximum atomic E-state index is 11.8. The lowest BCUT2D eigenvalue weighted by atomic mass is 10.2. The van der Waals surface area contributed by atoms with E-state index < -0.39 is 0 Å². The molecular formula is C22H33N5O2S. The average Bonchev–Trinajstić information content (AvgIpc) is 3.19. The molecule has 2 N–H and O–H groups in total. The molecule has 2 rings (SSSR count).